The monoisotopic (exact) mass is 388 g/mol. The minimum Gasteiger partial charge on any atom is -0.497 e. The third-order valence-electron chi connectivity index (χ3n) is 3.72. The van der Waals surface area contributed by atoms with Gasteiger partial charge in [0.05, 0.1) is 18.6 Å². The number of benzene rings is 2. The van der Waals surface area contributed by atoms with Gasteiger partial charge in [0.25, 0.3) is 17.5 Å². The van der Waals surface area contributed by atoms with Gasteiger partial charge in [-0.2, -0.15) is 0 Å². The van der Waals surface area contributed by atoms with Crippen molar-refractivity contribution in [1.29, 1.82) is 0 Å². The van der Waals surface area contributed by atoms with Gasteiger partial charge in [0, 0.05) is 30.8 Å². The van der Waals surface area contributed by atoms with E-state index < -0.39 is 16.7 Å². The summed E-state index contributed by atoms with van der Waals surface area (Å²) in [5, 5.41) is 14.1. The Labute approximate surface area is 161 Å². The number of rotatable bonds is 8. The first kappa shape index (κ1) is 20.6. The van der Waals surface area contributed by atoms with Gasteiger partial charge in [-0.3, -0.25) is 30.6 Å². The summed E-state index contributed by atoms with van der Waals surface area (Å²) < 4.78 is 9.89. The second-order valence-corrected chi connectivity index (χ2v) is 5.55. The summed E-state index contributed by atoms with van der Waals surface area (Å²) in [6.45, 7) is 0.748. The molecule has 3 N–H and O–H groups in total. The van der Waals surface area contributed by atoms with E-state index in [0.717, 1.165) is 6.07 Å². The predicted octanol–water partition coefficient (Wildman–Crippen LogP) is 1.74. The van der Waals surface area contributed by atoms with Crippen LogP contribution in [-0.2, 0) is 4.74 Å². The van der Waals surface area contributed by atoms with E-state index in [0.29, 0.717) is 24.5 Å². The predicted molar refractivity (Wildman–Crippen MR) is 101 cm³/mol. The first-order valence-corrected chi connectivity index (χ1v) is 8.22. The van der Waals surface area contributed by atoms with E-state index in [1.165, 1.54) is 38.5 Å². The molecule has 2 amide bonds. The number of carbonyl (C=O) groups excluding carboxylic acids is 2. The van der Waals surface area contributed by atoms with Gasteiger partial charge in [-0.25, -0.2) is 0 Å². The number of nitrogens with one attached hydrogen (secondary N) is 3. The molecular weight excluding hydrogens is 368 g/mol. The topological polar surface area (TPSA) is 132 Å². The van der Waals surface area contributed by atoms with E-state index in [1.54, 1.807) is 12.1 Å². The molecule has 0 saturated carbocycles. The highest BCUT2D eigenvalue weighted by molar-refractivity contribution is 5.99. The third kappa shape index (κ3) is 5.42. The standard InChI is InChI=1S/C18H20N4O6/c1-27-10-9-19-15-8-5-13(11-16(15)22(25)26)18(24)21-20-17(23)12-3-6-14(28-2)7-4-12/h3-8,11,19H,9-10H2,1-2H3,(H,20,23)(H,21,24). The van der Waals surface area contributed by atoms with Gasteiger partial charge >= 0.3 is 0 Å². The second kappa shape index (κ2) is 9.88. The molecule has 10 heteroatoms. The zero-order valence-corrected chi connectivity index (χ0v) is 15.4. The lowest BCUT2D eigenvalue weighted by Gasteiger charge is -2.10. The van der Waals surface area contributed by atoms with Crippen LogP contribution in [0.3, 0.4) is 0 Å². The van der Waals surface area contributed by atoms with Crippen molar-refractivity contribution in [3.8, 4) is 5.75 Å². The van der Waals surface area contributed by atoms with Crippen LogP contribution >= 0.6 is 0 Å². The maximum absolute atomic E-state index is 12.2. The van der Waals surface area contributed by atoms with Gasteiger partial charge in [0.1, 0.15) is 11.4 Å². The molecule has 148 valence electrons. The van der Waals surface area contributed by atoms with Crippen LogP contribution in [0, 0.1) is 10.1 Å². The Morgan fingerprint density at radius 3 is 2.18 bits per heavy atom. The van der Waals surface area contributed by atoms with Crippen molar-refractivity contribution >= 4 is 23.2 Å². The fourth-order valence-corrected chi connectivity index (χ4v) is 2.26. The minimum atomic E-state index is -0.687. The van der Waals surface area contributed by atoms with Crippen LogP contribution in [-0.4, -0.2) is 44.1 Å². The van der Waals surface area contributed by atoms with E-state index in [2.05, 4.69) is 16.2 Å². The lowest BCUT2D eigenvalue weighted by Crippen LogP contribution is -2.41. The van der Waals surface area contributed by atoms with Crippen LogP contribution in [0.25, 0.3) is 0 Å². The summed E-state index contributed by atoms with van der Waals surface area (Å²) in [6, 6.07) is 10.2. The largest absolute Gasteiger partial charge is 0.497 e. The highest BCUT2D eigenvalue weighted by atomic mass is 16.6. The molecule has 0 atom stereocenters. The fourth-order valence-electron chi connectivity index (χ4n) is 2.26. The zero-order chi connectivity index (χ0) is 20.5. The Morgan fingerprint density at radius 2 is 1.61 bits per heavy atom. The van der Waals surface area contributed by atoms with Gasteiger partial charge in [-0.1, -0.05) is 0 Å². The summed E-state index contributed by atoms with van der Waals surface area (Å²) >= 11 is 0. The normalized spacial score (nSPS) is 10.1. The average molecular weight is 388 g/mol. The third-order valence-corrected chi connectivity index (χ3v) is 3.72. The van der Waals surface area contributed by atoms with Gasteiger partial charge in [-0.05, 0) is 36.4 Å². The van der Waals surface area contributed by atoms with Crippen LogP contribution in [0.5, 0.6) is 5.75 Å². The van der Waals surface area contributed by atoms with Crippen LogP contribution in [0.2, 0.25) is 0 Å². The van der Waals surface area contributed by atoms with Crippen molar-refractivity contribution in [2.75, 3.05) is 32.7 Å². The van der Waals surface area contributed by atoms with Crippen molar-refractivity contribution in [3.63, 3.8) is 0 Å². The molecule has 0 unspecified atom stereocenters. The number of hydrogen-bond donors (Lipinski definition) is 3. The van der Waals surface area contributed by atoms with Gasteiger partial charge in [-0.15, -0.1) is 0 Å². The molecule has 28 heavy (non-hydrogen) atoms. The molecule has 10 nitrogen and oxygen atoms in total. The van der Waals surface area contributed by atoms with E-state index in [9.17, 15) is 19.7 Å². The minimum absolute atomic E-state index is 0.0269. The summed E-state index contributed by atoms with van der Waals surface area (Å²) in [7, 11) is 3.02. The highest BCUT2D eigenvalue weighted by Crippen LogP contribution is 2.25. The molecule has 2 rings (SSSR count). The summed E-state index contributed by atoms with van der Waals surface area (Å²) in [4.78, 5) is 34.9. The fraction of sp³-hybridized carbons (Fsp3) is 0.222. The van der Waals surface area contributed by atoms with E-state index in [4.69, 9.17) is 9.47 Å². The Bertz CT molecular complexity index is 854. The Hall–Kier alpha value is -3.66. The molecule has 0 aliphatic carbocycles. The van der Waals surface area contributed by atoms with Gasteiger partial charge in [0.15, 0.2) is 0 Å². The molecule has 0 saturated heterocycles. The number of methoxy groups -OCH3 is 2. The molecule has 0 aliphatic heterocycles. The van der Waals surface area contributed by atoms with E-state index >= 15 is 0 Å². The number of nitrogens with zero attached hydrogens (tertiary/aromatic N) is 1. The lowest BCUT2D eigenvalue weighted by molar-refractivity contribution is -0.384. The van der Waals surface area contributed by atoms with Crippen molar-refractivity contribution in [2.45, 2.75) is 0 Å². The Morgan fingerprint density at radius 1 is 1.00 bits per heavy atom. The number of amides is 2. The quantitative estimate of drug-likeness (QED) is 0.356. The number of hydrogen-bond acceptors (Lipinski definition) is 7. The average Bonchev–Trinajstić information content (AvgIpc) is 2.72. The molecule has 0 aliphatic rings. The number of hydrazine groups is 1. The van der Waals surface area contributed by atoms with Crippen LogP contribution in [0.4, 0.5) is 11.4 Å². The van der Waals surface area contributed by atoms with E-state index in [1.807, 2.05) is 0 Å². The van der Waals surface area contributed by atoms with Gasteiger partial charge in [0.2, 0.25) is 0 Å². The number of nitro benzene ring substituents is 1. The van der Waals surface area contributed by atoms with Crippen LogP contribution in [0.1, 0.15) is 20.7 Å². The van der Waals surface area contributed by atoms with Crippen molar-refractivity contribution in [3.05, 3.63) is 63.7 Å². The summed E-state index contributed by atoms with van der Waals surface area (Å²) in [5.74, 6) is -0.635. The maximum Gasteiger partial charge on any atom is 0.293 e. The summed E-state index contributed by atoms with van der Waals surface area (Å²) in [5.41, 5.74) is 4.83. The molecule has 0 heterocycles. The Kier molecular flexibility index (Phi) is 7.28. The van der Waals surface area contributed by atoms with Crippen molar-refractivity contribution < 1.29 is 24.0 Å². The Balaban J connectivity index is 2.03. The summed E-state index contributed by atoms with van der Waals surface area (Å²) in [6.07, 6.45) is 0. The second-order valence-electron chi connectivity index (χ2n) is 5.55. The number of nitro groups is 1. The zero-order valence-electron chi connectivity index (χ0n) is 15.4. The molecule has 0 radical (unpaired) electrons. The van der Waals surface area contributed by atoms with Crippen LogP contribution in [0.15, 0.2) is 42.5 Å². The first-order chi connectivity index (χ1) is 13.5. The SMILES string of the molecule is COCCNc1ccc(C(=O)NNC(=O)c2ccc(OC)cc2)cc1[N+](=O)[O-]. The molecule has 2 aromatic rings. The maximum atomic E-state index is 12.2. The van der Waals surface area contributed by atoms with Crippen molar-refractivity contribution in [1.82, 2.24) is 10.9 Å². The first-order valence-electron chi connectivity index (χ1n) is 8.22. The molecular formula is C18H20N4O6. The molecule has 0 spiro atoms. The molecule has 0 aromatic heterocycles. The van der Waals surface area contributed by atoms with Crippen molar-refractivity contribution in [2.24, 2.45) is 0 Å². The molecule has 2 aromatic carbocycles. The van der Waals surface area contributed by atoms with Gasteiger partial charge < -0.3 is 14.8 Å². The lowest BCUT2D eigenvalue weighted by atomic mass is 10.1. The number of anilines is 1. The van der Waals surface area contributed by atoms with Crippen LogP contribution < -0.4 is 20.9 Å². The molecule has 0 bridgehead atoms. The molecule has 0 fully saturated rings. The number of carbonyl (C=O) groups is 2. The number of ether oxygens (including phenoxy) is 2. The highest BCUT2D eigenvalue weighted by Gasteiger charge is 2.18. The smallest absolute Gasteiger partial charge is 0.293 e. The van der Waals surface area contributed by atoms with E-state index in [-0.39, 0.29) is 16.9 Å².